The lowest BCUT2D eigenvalue weighted by atomic mass is 10.0. The highest BCUT2D eigenvalue weighted by Gasteiger charge is 2.31. The van der Waals surface area contributed by atoms with Crippen molar-refractivity contribution in [2.24, 2.45) is 5.92 Å². The molecule has 2 N–H and O–H groups in total. The molecule has 0 aromatic carbocycles. The molecule has 5 nitrogen and oxygen atoms in total. The molecule has 0 radical (unpaired) electrons. The zero-order valence-electron chi connectivity index (χ0n) is 10.4. The average molecular weight is 236 g/mol. The van der Waals surface area contributed by atoms with Gasteiger partial charge in [-0.05, 0) is 19.3 Å². The second-order valence-corrected chi connectivity index (χ2v) is 4.50. The first-order chi connectivity index (χ1) is 8.26. The number of nitrogens with one attached hydrogen (secondary N) is 1. The van der Waals surface area contributed by atoms with Gasteiger partial charge in [0.2, 0.25) is 0 Å². The van der Waals surface area contributed by atoms with E-state index < -0.39 is 0 Å². The molecular formula is C12H20N4O. The monoisotopic (exact) mass is 236 g/mol. The molecule has 1 aromatic rings. The minimum Gasteiger partial charge on any atom is -0.394 e. The molecule has 1 fully saturated rings. The summed E-state index contributed by atoms with van der Waals surface area (Å²) in [5.41, 5.74) is 0. The number of rotatable bonds is 4. The molecule has 1 aliphatic heterocycles. The molecule has 2 heterocycles. The molecule has 0 amide bonds. The first-order valence-electron chi connectivity index (χ1n) is 6.19. The molecule has 5 heteroatoms. The number of aromatic nitrogens is 2. The van der Waals surface area contributed by atoms with Gasteiger partial charge in [-0.1, -0.05) is 6.92 Å². The first kappa shape index (κ1) is 12.1. The molecular weight excluding hydrogens is 216 g/mol. The van der Waals surface area contributed by atoms with E-state index in [4.69, 9.17) is 0 Å². The van der Waals surface area contributed by atoms with E-state index in [1.807, 2.05) is 13.0 Å². The highest BCUT2D eigenvalue weighted by atomic mass is 16.3. The van der Waals surface area contributed by atoms with Gasteiger partial charge in [-0.2, -0.15) is 0 Å². The second-order valence-electron chi connectivity index (χ2n) is 4.50. The normalized spacial score (nSPS) is 24.1. The molecule has 0 bridgehead atoms. The van der Waals surface area contributed by atoms with E-state index in [0.29, 0.717) is 5.92 Å². The molecule has 2 rings (SSSR count). The maximum Gasteiger partial charge on any atom is 0.134 e. The van der Waals surface area contributed by atoms with Crippen molar-refractivity contribution in [3.63, 3.8) is 0 Å². The van der Waals surface area contributed by atoms with Crippen LogP contribution in [-0.4, -0.2) is 40.8 Å². The van der Waals surface area contributed by atoms with Crippen molar-refractivity contribution in [3.05, 3.63) is 12.4 Å². The van der Waals surface area contributed by atoms with Gasteiger partial charge in [0, 0.05) is 19.2 Å². The maximum absolute atomic E-state index is 9.44. The smallest absolute Gasteiger partial charge is 0.134 e. The average Bonchev–Trinajstić information content (AvgIpc) is 2.71. The topological polar surface area (TPSA) is 61.3 Å². The van der Waals surface area contributed by atoms with Crippen molar-refractivity contribution in [2.45, 2.75) is 26.3 Å². The van der Waals surface area contributed by atoms with E-state index in [-0.39, 0.29) is 12.6 Å². The maximum atomic E-state index is 9.44. The van der Waals surface area contributed by atoms with Crippen molar-refractivity contribution in [1.29, 1.82) is 0 Å². The first-order valence-corrected chi connectivity index (χ1v) is 6.19. The third-order valence-corrected chi connectivity index (χ3v) is 3.37. The Balaban J connectivity index is 2.18. The van der Waals surface area contributed by atoms with E-state index >= 15 is 0 Å². The van der Waals surface area contributed by atoms with Crippen LogP contribution < -0.4 is 10.2 Å². The minimum absolute atomic E-state index is 0.180. The van der Waals surface area contributed by atoms with E-state index in [0.717, 1.165) is 31.1 Å². The molecule has 2 unspecified atom stereocenters. The van der Waals surface area contributed by atoms with Gasteiger partial charge in [-0.15, -0.1) is 0 Å². The number of anilines is 2. The van der Waals surface area contributed by atoms with Gasteiger partial charge in [0.25, 0.3) is 0 Å². The summed E-state index contributed by atoms with van der Waals surface area (Å²) in [5.74, 6) is 2.26. The predicted molar refractivity (Wildman–Crippen MR) is 68.2 cm³/mol. The largest absolute Gasteiger partial charge is 0.394 e. The lowest BCUT2D eigenvalue weighted by molar-refractivity contribution is 0.244. The van der Waals surface area contributed by atoms with Crippen molar-refractivity contribution < 1.29 is 5.11 Å². The van der Waals surface area contributed by atoms with Crippen LogP contribution in [-0.2, 0) is 0 Å². The van der Waals surface area contributed by atoms with Gasteiger partial charge < -0.3 is 15.3 Å². The van der Waals surface area contributed by atoms with Gasteiger partial charge in [0.05, 0.1) is 12.6 Å². The van der Waals surface area contributed by atoms with E-state index in [9.17, 15) is 5.11 Å². The van der Waals surface area contributed by atoms with Crippen LogP contribution in [0.2, 0.25) is 0 Å². The van der Waals surface area contributed by atoms with Gasteiger partial charge in [0.15, 0.2) is 0 Å². The van der Waals surface area contributed by atoms with Crippen molar-refractivity contribution >= 4 is 11.6 Å². The van der Waals surface area contributed by atoms with Crippen molar-refractivity contribution in [2.75, 3.05) is 29.9 Å². The fourth-order valence-corrected chi connectivity index (χ4v) is 2.35. The molecule has 17 heavy (non-hydrogen) atoms. The molecule has 2 atom stereocenters. The summed E-state index contributed by atoms with van der Waals surface area (Å²) >= 11 is 0. The fourth-order valence-electron chi connectivity index (χ4n) is 2.35. The molecule has 1 saturated heterocycles. The Morgan fingerprint density at radius 1 is 1.53 bits per heavy atom. The zero-order valence-corrected chi connectivity index (χ0v) is 10.4. The summed E-state index contributed by atoms with van der Waals surface area (Å²) in [6.07, 6.45) is 2.68. The van der Waals surface area contributed by atoms with Gasteiger partial charge in [-0.25, -0.2) is 9.97 Å². The number of aliphatic hydroxyl groups is 1. The Bertz CT molecular complexity index is 371. The Labute approximate surface area is 102 Å². The van der Waals surface area contributed by atoms with Crippen LogP contribution in [0.4, 0.5) is 11.6 Å². The highest BCUT2D eigenvalue weighted by molar-refractivity contribution is 5.50. The van der Waals surface area contributed by atoms with Crippen LogP contribution in [0, 0.1) is 5.92 Å². The van der Waals surface area contributed by atoms with Gasteiger partial charge >= 0.3 is 0 Å². The van der Waals surface area contributed by atoms with Crippen LogP contribution in [0.3, 0.4) is 0 Å². The number of nitrogens with zero attached hydrogens (tertiary/aromatic N) is 3. The number of aliphatic hydroxyl groups excluding tert-OH is 1. The Morgan fingerprint density at radius 3 is 3.06 bits per heavy atom. The minimum atomic E-state index is 0.180. The Kier molecular flexibility index (Phi) is 3.78. The molecule has 0 spiro atoms. The van der Waals surface area contributed by atoms with Crippen molar-refractivity contribution in [1.82, 2.24) is 9.97 Å². The SMILES string of the molecule is CCNc1cc(N2CCC(C)C2CO)ncn1. The van der Waals surface area contributed by atoms with Crippen LogP contribution in [0.25, 0.3) is 0 Å². The Hall–Kier alpha value is -1.36. The van der Waals surface area contributed by atoms with Crippen LogP contribution in [0.1, 0.15) is 20.3 Å². The lowest BCUT2D eigenvalue weighted by Crippen LogP contribution is -2.35. The summed E-state index contributed by atoms with van der Waals surface area (Å²) in [7, 11) is 0. The molecule has 94 valence electrons. The molecule has 1 aromatic heterocycles. The van der Waals surface area contributed by atoms with E-state index in [1.165, 1.54) is 0 Å². The fraction of sp³-hybridized carbons (Fsp3) is 0.667. The predicted octanol–water partition coefficient (Wildman–Crippen LogP) is 1.12. The Morgan fingerprint density at radius 2 is 2.35 bits per heavy atom. The van der Waals surface area contributed by atoms with Crippen LogP contribution in [0.5, 0.6) is 0 Å². The number of hydrogen-bond donors (Lipinski definition) is 2. The third-order valence-electron chi connectivity index (χ3n) is 3.37. The molecule has 1 aliphatic rings. The lowest BCUT2D eigenvalue weighted by Gasteiger charge is -2.26. The summed E-state index contributed by atoms with van der Waals surface area (Å²) < 4.78 is 0. The summed E-state index contributed by atoms with van der Waals surface area (Å²) in [6.45, 7) is 6.19. The number of hydrogen-bond acceptors (Lipinski definition) is 5. The van der Waals surface area contributed by atoms with Crippen molar-refractivity contribution in [3.8, 4) is 0 Å². The van der Waals surface area contributed by atoms with Crippen LogP contribution >= 0.6 is 0 Å². The van der Waals surface area contributed by atoms with Gasteiger partial charge in [0.1, 0.15) is 18.0 Å². The summed E-state index contributed by atoms with van der Waals surface area (Å²) in [6, 6.07) is 2.13. The van der Waals surface area contributed by atoms with Gasteiger partial charge in [-0.3, -0.25) is 0 Å². The third kappa shape index (κ3) is 2.49. The zero-order chi connectivity index (χ0) is 12.3. The summed E-state index contributed by atoms with van der Waals surface area (Å²) in [5, 5.41) is 12.6. The van der Waals surface area contributed by atoms with Crippen LogP contribution in [0.15, 0.2) is 12.4 Å². The highest BCUT2D eigenvalue weighted by Crippen LogP contribution is 2.28. The molecule has 0 saturated carbocycles. The quantitative estimate of drug-likeness (QED) is 0.820. The standard InChI is InChI=1S/C12H20N4O/c1-3-13-11-6-12(15-8-14-11)16-5-4-9(2)10(16)7-17/h6,8-10,17H,3-5,7H2,1-2H3,(H,13,14,15). The second kappa shape index (κ2) is 5.31. The summed E-state index contributed by atoms with van der Waals surface area (Å²) in [4.78, 5) is 10.6. The van der Waals surface area contributed by atoms with E-state index in [1.54, 1.807) is 6.33 Å². The molecule has 0 aliphatic carbocycles. The van der Waals surface area contributed by atoms with E-state index in [2.05, 4.69) is 27.1 Å².